The summed E-state index contributed by atoms with van der Waals surface area (Å²) in [5, 5.41) is 4.66. The Morgan fingerprint density at radius 1 is 1.08 bits per heavy atom. The molecular weight excluding hydrogens is 402 g/mol. The minimum absolute atomic E-state index is 0.0877. The first-order valence-corrected chi connectivity index (χ1v) is 8.55. The van der Waals surface area contributed by atoms with Gasteiger partial charge >= 0.3 is 0 Å². The van der Waals surface area contributed by atoms with Gasteiger partial charge in [0, 0.05) is 11.6 Å². The molecule has 0 unspecified atom stereocenters. The largest absolute Gasteiger partial charge is 0.497 e. The van der Waals surface area contributed by atoms with Crippen molar-refractivity contribution in [2.45, 2.75) is 6.92 Å². The number of benzene rings is 2. The molecule has 134 valence electrons. The maximum atomic E-state index is 13.5. The summed E-state index contributed by atoms with van der Waals surface area (Å²) >= 11 is 18.8. The number of aromatic nitrogens is 2. The van der Waals surface area contributed by atoms with Gasteiger partial charge in [0.25, 0.3) is 0 Å². The van der Waals surface area contributed by atoms with E-state index in [0.29, 0.717) is 22.0 Å². The second-order valence-electron chi connectivity index (χ2n) is 5.43. The predicted octanol–water partition coefficient (Wildman–Crippen LogP) is 5.32. The van der Waals surface area contributed by atoms with E-state index in [-0.39, 0.29) is 21.4 Å². The molecule has 0 saturated heterocycles. The molecule has 1 aromatic heterocycles. The van der Waals surface area contributed by atoms with Crippen molar-refractivity contribution in [3.05, 3.63) is 73.2 Å². The number of methoxy groups -OCH3 is 1. The van der Waals surface area contributed by atoms with Crippen LogP contribution in [0.3, 0.4) is 0 Å². The van der Waals surface area contributed by atoms with Crippen LogP contribution in [-0.2, 0) is 0 Å². The van der Waals surface area contributed by atoms with Gasteiger partial charge < -0.3 is 4.74 Å². The van der Waals surface area contributed by atoms with Gasteiger partial charge in [-0.3, -0.25) is 4.79 Å². The van der Waals surface area contributed by atoms with E-state index in [1.54, 1.807) is 18.2 Å². The van der Waals surface area contributed by atoms with Crippen LogP contribution in [-0.4, -0.2) is 16.9 Å². The van der Waals surface area contributed by atoms with Crippen molar-refractivity contribution in [2.24, 2.45) is 0 Å². The Balaban J connectivity index is 2.42. The molecule has 1 heterocycles. The van der Waals surface area contributed by atoms with Gasteiger partial charge in [0.15, 0.2) is 0 Å². The third-order valence-electron chi connectivity index (χ3n) is 3.77. The fourth-order valence-corrected chi connectivity index (χ4v) is 3.25. The highest BCUT2D eigenvalue weighted by Gasteiger charge is 2.21. The van der Waals surface area contributed by atoms with Crippen LogP contribution in [0.1, 0.15) is 5.69 Å². The lowest BCUT2D eigenvalue weighted by Gasteiger charge is -2.17. The lowest BCUT2D eigenvalue weighted by Crippen LogP contribution is -2.18. The van der Waals surface area contributed by atoms with Crippen LogP contribution in [0.5, 0.6) is 5.75 Å². The van der Waals surface area contributed by atoms with Crippen LogP contribution in [0.25, 0.3) is 16.9 Å². The van der Waals surface area contributed by atoms with Gasteiger partial charge in [0.2, 0.25) is 5.43 Å². The quantitative estimate of drug-likeness (QED) is 0.584. The zero-order chi connectivity index (χ0) is 19.0. The number of halogens is 4. The molecule has 26 heavy (non-hydrogen) atoms. The zero-order valence-electron chi connectivity index (χ0n) is 13.7. The Hall–Kier alpha value is -2.08. The van der Waals surface area contributed by atoms with E-state index in [0.717, 1.165) is 6.07 Å². The minimum atomic E-state index is -0.511. The molecule has 0 radical (unpaired) electrons. The van der Waals surface area contributed by atoms with Crippen LogP contribution in [0, 0.1) is 12.7 Å². The molecule has 0 amide bonds. The van der Waals surface area contributed by atoms with Gasteiger partial charge in [-0.25, -0.2) is 9.07 Å². The second kappa shape index (κ2) is 7.27. The number of hydrogen-bond acceptors (Lipinski definition) is 3. The predicted molar refractivity (Wildman–Crippen MR) is 102 cm³/mol. The summed E-state index contributed by atoms with van der Waals surface area (Å²) in [6, 6.07) is 8.76. The molecule has 0 aliphatic rings. The van der Waals surface area contributed by atoms with Crippen molar-refractivity contribution in [1.29, 1.82) is 0 Å². The van der Waals surface area contributed by atoms with Crippen molar-refractivity contribution in [3.63, 3.8) is 0 Å². The Labute approximate surface area is 163 Å². The average molecular weight is 414 g/mol. The lowest BCUT2D eigenvalue weighted by molar-refractivity contribution is 0.414. The highest BCUT2D eigenvalue weighted by atomic mass is 35.5. The third-order valence-corrected chi connectivity index (χ3v) is 4.75. The van der Waals surface area contributed by atoms with Gasteiger partial charge in [-0.15, -0.1) is 0 Å². The second-order valence-corrected chi connectivity index (χ2v) is 6.62. The van der Waals surface area contributed by atoms with Crippen LogP contribution in [0.4, 0.5) is 4.39 Å². The summed E-state index contributed by atoms with van der Waals surface area (Å²) in [4.78, 5) is 12.3. The Morgan fingerprint density at radius 3 is 2.46 bits per heavy atom. The van der Waals surface area contributed by atoms with E-state index in [4.69, 9.17) is 39.5 Å². The molecule has 0 atom stereocenters. The van der Waals surface area contributed by atoms with E-state index >= 15 is 0 Å². The fourth-order valence-electron chi connectivity index (χ4n) is 2.47. The standard InChI is InChI=1S/C18H12Cl3FN2O2/c1-9-18(25)16(21)17(12-5-3-10(22)7-14(12)20)24(23-9)15-8-11(26-2)4-6-13(15)19/h3-8H,1-2H3. The third kappa shape index (κ3) is 3.30. The van der Waals surface area contributed by atoms with Crippen LogP contribution in [0.2, 0.25) is 15.1 Å². The normalized spacial score (nSPS) is 10.8. The monoisotopic (exact) mass is 412 g/mol. The highest BCUT2D eigenvalue weighted by Crippen LogP contribution is 2.35. The van der Waals surface area contributed by atoms with Gasteiger partial charge in [0.05, 0.1) is 28.5 Å². The summed E-state index contributed by atoms with van der Waals surface area (Å²) in [5.74, 6) is 0.0260. The van der Waals surface area contributed by atoms with Gasteiger partial charge in [-0.2, -0.15) is 5.10 Å². The van der Waals surface area contributed by atoms with Gasteiger partial charge in [0.1, 0.15) is 22.3 Å². The van der Waals surface area contributed by atoms with E-state index < -0.39 is 11.2 Å². The molecule has 0 N–H and O–H groups in total. The molecule has 0 saturated carbocycles. The minimum Gasteiger partial charge on any atom is -0.497 e. The number of rotatable bonds is 3. The summed E-state index contributed by atoms with van der Waals surface area (Å²) in [6.45, 7) is 1.54. The molecule has 3 rings (SSSR count). The first kappa shape index (κ1) is 18.7. The van der Waals surface area contributed by atoms with E-state index in [9.17, 15) is 9.18 Å². The van der Waals surface area contributed by atoms with Crippen molar-refractivity contribution in [1.82, 2.24) is 9.78 Å². The van der Waals surface area contributed by atoms with Crippen LogP contribution >= 0.6 is 34.8 Å². The van der Waals surface area contributed by atoms with Crippen LogP contribution in [0.15, 0.2) is 41.2 Å². The number of ether oxygens (including phenoxy) is 1. The van der Waals surface area contributed by atoms with E-state index in [1.807, 2.05) is 0 Å². The Morgan fingerprint density at radius 2 is 1.81 bits per heavy atom. The lowest BCUT2D eigenvalue weighted by atomic mass is 10.1. The first-order valence-electron chi connectivity index (χ1n) is 7.42. The number of aryl methyl sites for hydroxylation is 1. The SMILES string of the molecule is COc1ccc(Cl)c(-n2nc(C)c(=O)c(Cl)c2-c2ccc(F)cc2Cl)c1. The molecule has 0 bridgehead atoms. The van der Waals surface area contributed by atoms with E-state index in [2.05, 4.69) is 5.10 Å². The fraction of sp³-hybridized carbons (Fsp3) is 0.111. The summed E-state index contributed by atoms with van der Waals surface area (Å²) in [5.41, 5.74) is 0.726. The number of hydrogen-bond donors (Lipinski definition) is 0. The summed E-state index contributed by atoms with van der Waals surface area (Å²) in [7, 11) is 1.52. The molecule has 0 spiro atoms. The van der Waals surface area contributed by atoms with Crippen molar-refractivity contribution >= 4 is 34.8 Å². The number of nitrogens with zero attached hydrogens (tertiary/aromatic N) is 2. The Bertz CT molecular complexity index is 1070. The molecule has 0 aliphatic carbocycles. The summed E-state index contributed by atoms with van der Waals surface area (Å²) in [6.07, 6.45) is 0. The van der Waals surface area contributed by atoms with Crippen molar-refractivity contribution in [2.75, 3.05) is 7.11 Å². The molecule has 3 aromatic rings. The molecule has 2 aromatic carbocycles. The maximum absolute atomic E-state index is 13.5. The average Bonchev–Trinajstić information content (AvgIpc) is 2.61. The molecule has 8 heteroatoms. The zero-order valence-corrected chi connectivity index (χ0v) is 16.0. The van der Waals surface area contributed by atoms with Gasteiger partial charge in [-0.05, 0) is 37.3 Å². The molecule has 0 fully saturated rings. The van der Waals surface area contributed by atoms with E-state index in [1.165, 1.54) is 30.8 Å². The van der Waals surface area contributed by atoms with Crippen molar-refractivity contribution < 1.29 is 9.13 Å². The first-order chi connectivity index (χ1) is 12.3. The molecule has 4 nitrogen and oxygen atoms in total. The topological polar surface area (TPSA) is 44.1 Å². The van der Waals surface area contributed by atoms with Gasteiger partial charge in [-0.1, -0.05) is 34.8 Å². The molecular formula is C18H12Cl3FN2O2. The molecule has 0 aliphatic heterocycles. The highest BCUT2D eigenvalue weighted by molar-refractivity contribution is 6.36. The van der Waals surface area contributed by atoms with Crippen LogP contribution < -0.4 is 10.2 Å². The van der Waals surface area contributed by atoms with Crippen molar-refractivity contribution in [3.8, 4) is 22.7 Å². The maximum Gasteiger partial charge on any atom is 0.222 e. The summed E-state index contributed by atoms with van der Waals surface area (Å²) < 4.78 is 20.1. The smallest absolute Gasteiger partial charge is 0.222 e. The Kier molecular flexibility index (Phi) is 5.23.